The van der Waals surface area contributed by atoms with Gasteiger partial charge in [0.15, 0.2) is 11.5 Å². The van der Waals surface area contributed by atoms with Gasteiger partial charge >= 0.3 is 12.7 Å². The fourth-order valence-electron chi connectivity index (χ4n) is 4.96. The Labute approximate surface area is 295 Å². The van der Waals surface area contributed by atoms with Gasteiger partial charge in [-0.05, 0) is 63.4 Å². The zero-order valence-electron chi connectivity index (χ0n) is 27.0. The maximum atomic E-state index is 15.0. The van der Waals surface area contributed by atoms with Gasteiger partial charge in [-0.2, -0.15) is 32.1 Å². The number of aliphatic hydroxyl groups is 1. The summed E-state index contributed by atoms with van der Waals surface area (Å²) in [6.07, 6.45) is -0.608. The van der Waals surface area contributed by atoms with E-state index in [1.54, 1.807) is 0 Å². The highest BCUT2D eigenvalue weighted by Gasteiger charge is 2.37. The van der Waals surface area contributed by atoms with Crippen molar-refractivity contribution in [3.05, 3.63) is 81.5 Å². The van der Waals surface area contributed by atoms with Crippen LogP contribution in [0.25, 0.3) is 11.3 Å². The Kier molecular flexibility index (Phi) is 11.7. The lowest BCUT2D eigenvalue weighted by Crippen LogP contribution is -2.55. The van der Waals surface area contributed by atoms with E-state index in [4.69, 9.17) is 11.6 Å². The average Bonchev–Trinajstić information content (AvgIpc) is 3.65. The van der Waals surface area contributed by atoms with Crippen molar-refractivity contribution in [1.29, 1.82) is 0 Å². The van der Waals surface area contributed by atoms with E-state index < -0.39 is 53.2 Å². The molecule has 0 aliphatic carbocycles. The molecule has 0 spiro atoms. The molecule has 0 radical (unpaired) electrons. The van der Waals surface area contributed by atoms with Gasteiger partial charge < -0.3 is 15.7 Å². The van der Waals surface area contributed by atoms with Crippen LogP contribution in [0.1, 0.15) is 67.2 Å². The summed E-state index contributed by atoms with van der Waals surface area (Å²) in [5, 5.41) is 22.6. The standard InChI is InChI=1S/C31H32BrClF6N8O3/c1-29(2,15-47-22(10-23(45-47)31(37,38)39)17-12-40-27(41-13-17)30(3,4)50)44-25(48)21(9-16-11-42-46(14-16)28(35)36)43-26(49)24-18(7-8-33)19(32)5-6-20(24)34/h5-6,10-14,21,28,50H,7-9,15H2,1-4H3,(H,43,49)(H,44,48)/t21-/m1/s1. The predicted octanol–water partition coefficient (Wildman–Crippen LogP) is 5.80. The molecule has 0 saturated carbocycles. The molecule has 2 amide bonds. The molecular formula is C31H32BrClF6N8O3. The molecule has 1 aromatic carbocycles. The van der Waals surface area contributed by atoms with Crippen molar-refractivity contribution in [2.45, 2.75) is 77.0 Å². The Bertz CT molecular complexity index is 1840. The van der Waals surface area contributed by atoms with Gasteiger partial charge in [0.25, 0.3) is 5.91 Å². The number of nitrogens with one attached hydrogen (secondary N) is 2. The molecule has 270 valence electrons. The largest absolute Gasteiger partial charge is 0.435 e. The first-order valence-corrected chi connectivity index (χ1v) is 16.2. The van der Waals surface area contributed by atoms with Crippen molar-refractivity contribution in [2.24, 2.45) is 0 Å². The number of carbonyl (C=O) groups excluding carboxylic acids is 2. The number of carbonyl (C=O) groups is 2. The Morgan fingerprint density at radius 1 is 1.08 bits per heavy atom. The van der Waals surface area contributed by atoms with Gasteiger partial charge in [0, 0.05) is 40.9 Å². The Balaban J connectivity index is 1.66. The molecule has 11 nitrogen and oxygen atoms in total. The second-order valence-corrected chi connectivity index (χ2v) is 13.7. The summed E-state index contributed by atoms with van der Waals surface area (Å²) in [5.41, 5.74) is -3.97. The SMILES string of the molecule is CC(C)(Cn1nc(C(F)(F)F)cc1-c1cnc(C(C)(C)O)nc1)NC(=O)[C@@H](Cc1cnn(C(F)F)c1)NC(=O)c1c(F)ccc(Br)c1CCCl. The lowest BCUT2D eigenvalue weighted by Gasteiger charge is -2.30. The first kappa shape index (κ1) is 38.8. The minimum absolute atomic E-state index is 0.0284. The number of benzene rings is 1. The van der Waals surface area contributed by atoms with E-state index in [1.165, 1.54) is 46.2 Å². The normalized spacial score (nSPS) is 13.1. The molecule has 0 saturated heterocycles. The summed E-state index contributed by atoms with van der Waals surface area (Å²) >= 11 is 9.14. The number of hydrogen-bond acceptors (Lipinski definition) is 7. The van der Waals surface area contributed by atoms with Gasteiger partial charge in [-0.25, -0.2) is 19.0 Å². The van der Waals surface area contributed by atoms with E-state index in [0.717, 1.165) is 29.2 Å². The van der Waals surface area contributed by atoms with Crippen LogP contribution in [0.15, 0.2) is 47.5 Å². The van der Waals surface area contributed by atoms with Gasteiger partial charge in [0.05, 0.1) is 29.5 Å². The molecule has 50 heavy (non-hydrogen) atoms. The van der Waals surface area contributed by atoms with Gasteiger partial charge in [0.2, 0.25) is 5.91 Å². The van der Waals surface area contributed by atoms with Crippen LogP contribution in [-0.2, 0) is 36.0 Å². The number of alkyl halides is 6. The third kappa shape index (κ3) is 9.39. The molecular weight excluding hydrogens is 762 g/mol. The minimum atomic E-state index is -4.83. The number of nitrogens with zero attached hydrogens (tertiary/aromatic N) is 6. The Morgan fingerprint density at radius 2 is 1.74 bits per heavy atom. The molecule has 3 N–H and O–H groups in total. The summed E-state index contributed by atoms with van der Waals surface area (Å²) < 4.78 is 84.5. The van der Waals surface area contributed by atoms with Crippen molar-refractivity contribution >= 4 is 39.3 Å². The minimum Gasteiger partial charge on any atom is -0.382 e. The summed E-state index contributed by atoms with van der Waals surface area (Å²) in [5.74, 6) is -2.70. The Hall–Kier alpha value is -4.03. The van der Waals surface area contributed by atoms with E-state index in [2.05, 4.69) is 46.7 Å². The van der Waals surface area contributed by atoms with Crippen molar-refractivity contribution in [3.8, 4) is 11.3 Å². The smallest absolute Gasteiger partial charge is 0.382 e. The number of rotatable bonds is 13. The van der Waals surface area contributed by atoms with E-state index in [-0.39, 0.29) is 59.0 Å². The monoisotopic (exact) mass is 792 g/mol. The lowest BCUT2D eigenvalue weighted by molar-refractivity contribution is -0.141. The quantitative estimate of drug-likeness (QED) is 0.115. The van der Waals surface area contributed by atoms with Gasteiger partial charge in [-0.15, -0.1) is 11.6 Å². The average molecular weight is 794 g/mol. The molecule has 0 unspecified atom stereocenters. The maximum Gasteiger partial charge on any atom is 0.435 e. The fraction of sp³-hybridized carbons (Fsp3) is 0.419. The van der Waals surface area contributed by atoms with Crippen molar-refractivity contribution in [1.82, 2.24) is 40.2 Å². The number of halogens is 8. The van der Waals surface area contributed by atoms with Crippen LogP contribution in [-0.4, -0.2) is 63.9 Å². The van der Waals surface area contributed by atoms with Crippen LogP contribution in [0, 0.1) is 5.82 Å². The van der Waals surface area contributed by atoms with Crippen LogP contribution in [0.2, 0.25) is 0 Å². The Morgan fingerprint density at radius 3 is 2.30 bits per heavy atom. The molecule has 4 aromatic rings. The highest BCUT2D eigenvalue weighted by molar-refractivity contribution is 9.10. The third-order valence-electron chi connectivity index (χ3n) is 7.26. The van der Waals surface area contributed by atoms with Gasteiger partial charge in [-0.1, -0.05) is 15.9 Å². The van der Waals surface area contributed by atoms with E-state index in [1.807, 2.05) is 0 Å². The first-order valence-electron chi connectivity index (χ1n) is 14.9. The number of amides is 2. The zero-order valence-corrected chi connectivity index (χ0v) is 29.3. The van der Waals surface area contributed by atoms with Crippen LogP contribution in [0.5, 0.6) is 0 Å². The zero-order chi connectivity index (χ0) is 37.2. The van der Waals surface area contributed by atoms with Gasteiger partial charge in [-0.3, -0.25) is 14.3 Å². The summed E-state index contributed by atoms with van der Waals surface area (Å²) in [6, 6.07) is 1.72. The van der Waals surface area contributed by atoms with Crippen LogP contribution in [0.4, 0.5) is 26.3 Å². The second-order valence-electron chi connectivity index (χ2n) is 12.5. The second kappa shape index (κ2) is 15.1. The van der Waals surface area contributed by atoms with Gasteiger partial charge in [0.1, 0.15) is 17.5 Å². The maximum absolute atomic E-state index is 15.0. The molecule has 3 aromatic heterocycles. The van der Waals surface area contributed by atoms with E-state index >= 15 is 0 Å². The number of hydrogen-bond donors (Lipinski definition) is 3. The number of aromatic nitrogens is 6. The molecule has 4 rings (SSSR count). The highest BCUT2D eigenvalue weighted by atomic mass is 79.9. The summed E-state index contributed by atoms with van der Waals surface area (Å²) in [6.45, 7) is 2.51. The molecule has 0 aliphatic heterocycles. The molecule has 19 heteroatoms. The fourth-order valence-corrected chi connectivity index (χ4v) is 5.68. The lowest BCUT2D eigenvalue weighted by atomic mass is 10.0. The van der Waals surface area contributed by atoms with Crippen molar-refractivity contribution < 1.29 is 41.0 Å². The van der Waals surface area contributed by atoms with Crippen LogP contribution < -0.4 is 10.6 Å². The molecule has 3 heterocycles. The molecule has 0 bridgehead atoms. The topological polar surface area (TPSA) is 140 Å². The third-order valence-corrected chi connectivity index (χ3v) is 8.20. The first-order chi connectivity index (χ1) is 23.2. The van der Waals surface area contributed by atoms with E-state index in [0.29, 0.717) is 9.15 Å². The molecule has 1 atom stereocenters. The summed E-state index contributed by atoms with van der Waals surface area (Å²) in [4.78, 5) is 35.4. The predicted molar refractivity (Wildman–Crippen MR) is 173 cm³/mol. The van der Waals surface area contributed by atoms with Crippen molar-refractivity contribution in [2.75, 3.05) is 5.88 Å². The van der Waals surface area contributed by atoms with E-state index in [9.17, 15) is 41.0 Å². The molecule has 0 fully saturated rings. The highest BCUT2D eigenvalue weighted by Crippen LogP contribution is 2.32. The summed E-state index contributed by atoms with van der Waals surface area (Å²) in [7, 11) is 0. The van der Waals surface area contributed by atoms with Crippen LogP contribution in [0.3, 0.4) is 0 Å². The molecule has 0 aliphatic rings. The van der Waals surface area contributed by atoms with Crippen molar-refractivity contribution in [3.63, 3.8) is 0 Å². The van der Waals surface area contributed by atoms with Crippen LogP contribution >= 0.6 is 27.5 Å².